The predicted octanol–water partition coefficient (Wildman–Crippen LogP) is 3.20. The van der Waals surface area contributed by atoms with Crippen LogP contribution in [0.5, 0.6) is 0 Å². The molecule has 2 atom stereocenters. The summed E-state index contributed by atoms with van der Waals surface area (Å²) in [5.74, 6) is 0.262. The normalized spacial score (nSPS) is 15.1. The lowest BCUT2D eigenvalue weighted by Gasteiger charge is -2.18. The number of nitrogens with zero attached hydrogens (tertiary/aromatic N) is 1. The lowest BCUT2D eigenvalue weighted by Crippen LogP contribution is -2.08. The van der Waals surface area contributed by atoms with Gasteiger partial charge in [-0.2, -0.15) is 0 Å². The van der Waals surface area contributed by atoms with E-state index in [-0.39, 0.29) is 5.92 Å². The van der Waals surface area contributed by atoms with Gasteiger partial charge in [0.05, 0.1) is 6.10 Å². The summed E-state index contributed by atoms with van der Waals surface area (Å²) in [7, 11) is 0. The Balaban J connectivity index is 2.73. The molecule has 0 aliphatic carbocycles. The number of aliphatic hydroxyl groups is 1. The maximum atomic E-state index is 9.96. The third-order valence-electron chi connectivity index (χ3n) is 2.38. The monoisotopic (exact) mass is 213 g/mol. The first kappa shape index (κ1) is 11.5. The highest BCUT2D eigenvalue weighted by atomic mass is 35.5. The van der Waals surface area contributed by atoms with E-state index in [4.69, 9.17) is 11.6 Å². The molecule has 0 saturated carbocycles. The summed E-state index contributed by atoms with van der Waals surface area (Å²) in [6.07, 6.45) is 3.29. The van der Waals surface area contributed by atoms with Gasteiger partial charge in [-0.1, -0.05) is 31.9 Å². The molecule has 0 saturated heterocycles. The van der Waals surface area contributed by atoms with Crippen molar-refractivity contribution in [2.75, 3.05) is 0 Å². The van der Waals surface area contributed by atoms with Gasteiger partial charge in [-0.15, -0.1) is 0 Å². The number of hydrogen-bond acceptors (Lipinski definition) is 2. The maximum Gasteiger partial charge on any atom is 0.129 e. The van der Waals surface area contributed by atoms with Crippen molar-refractivity contribution in [3.63, 3.8) is 0 Å². The van der Waals surface area contributed by atoms with Crippen molar-refractivity contribution in [3.05, 3.63) is 29.0 Å². The topological polar surface area (TPSA) is 33.1 Å². The molecule has 1 aromatic heterocycles. The molecule has 0 bridgehead atoms. The average Bonchev–Trinajstić information content (AvgIpc) is 2.17. The van der Waals surface area contributed by atoms with Gasteiger partial charge in [-0.3, -0.25) is 0 Å². The fourth-order valence-electron chi connectivity index (χ4n) is 1.54. The van der Waals surface area contributed by atoms with E-state index in [0.717, 1.165) is 18.4 Å². The largest absolute Gasteiger partial charge is 0.388 e. The second kappa shape index (κ2) is 5.32. The summed E-state index contributed by atoms with van der Waals surface area (Å²) in [6, 6.07) is 3.53. The highest BCUT2D eigenvalue weighted by Crippen LogP contribution is 2.25. The fourth-order valence-corrected chi connectivity index (χ4v) is 1.73. The van der Waals surface area contributed by atoms with Crippen LogP contribution in [-0.4, -0.2) is 10.1 Å². The van der Waals surface area contributed by atoms with Crippen LogP contribution in [0.4, 0.5) is 0 Å². The lowest BCUT2D eigenvalue weighted by atomic mass is 9.94. The van der Waals surface area contributed by atoms with Gasteiger partial charge in [-0.25, -0.2) is 4.98 Å². The minimum Gasteiger partial charge on any atom is -0.388 e. The third-order valence-corrected chi connectivity index (χ3v) is 2.58. The van der Waals surface area contributed by atoms with Gasteiger partial charge in [0.25, 0.3) is 0 Å². The van der Waals surface area contributed by atoms with E-state index in [1.807, 2.05) is 13.0 Å². The smallest absolute Gasteiger partial charge is 0.129 e. The zero-order valence-corrected chi connectivity index (χ0v) is 9.33. The first-order valence-corrected chi connectivity index (χ1v) is 5.32. The Kier molecular flexibility index (Phi) is 4.36. The summed E-state index contributed by atoms with van der Waals surface area (Å²) in [5, 5.41) is 10.4. The van der Waals surface area contributed by atoms with Crippen molar-refractivity contribution in [2.45, 2.75) is 32.8 Å². The van der Waals surface area contributed by atoms with Crippen molar-refractivity contribution >= 4 is 11.6 Å². The van der Waals surface area contributed by atoms with Crippen LogP contribution in [0.15, 0.2) is 18.3 Å². The Morgan fingerprint density at radius 1 is 1.57 bits per heavy atom. The fraction of sp³-hybridized carbons (Fsp3) is 0.545. The molecule has 0 aromatic carbocycles. The summed E-state index contributed by atoms with van der Waals surface area (Å²) in [6.45, 7) is 4.16. The van der Waals surface area contributed by atoms with Gasteiger partial charge in [0.1, 0.15) is 5.15 Å². The second-order valence-electron chi connectivity index (χ2n) is 3.62. The zero-order valence-electron chi connectivity index (χ0n) is 8.57. The summed E-state index contributed by atoms with van der Waals surface area (Å²) in [5.41, 5.74) is 0.853. The van der Waals surface area contributed by atoms with E-state index in [1.165, 1.54) is 0 Å². The van der Waals surface area contributed by atoms with Gasteiger partial charge in [0.15, 0.2) is 0 Å². The molecule has 0 aliphatic heterocycles. The lowest BCUT2D eigenvalue weighted by molar-refractivity contribution is 0.112. The van der Waals surface area contributed by atoms with Crippen molar-refractivity contribution in [1.82, 2.24) is 4.98 Å². The molecule has 1 heterocycles. The molecule has 0 spiro atoms. The highest BCUT2D eigenvalue weighted by Gasteiger charge is 2.15. The van der Waals surface area contributed by atoms with E-state index in [1.54, 1.807) is 12.3 Å². The first-order chi connectivity index (χ1) is 6.65. The molecule has 0 aliphatic rings. The van der Waals surface area contributed by atoms with Gasteiger partial charge < -0.3 is 5.11 Å². The van der Waals surface area contributed by atoms with Crippen molar-refractivity contribution in [1.29, 1.82) is 0 Å². The van der Waals surface area contributed by atoms with Crippen LogP contribution in [0.2, 0.25) is 5.15 Å². The number of pyridine rings is 1. The van der Waals surface area contributed by atoms with Crippen LogP contribution in [-0.2, 0) is 0 Å². The predicted molar refractivity (Wildman–Crippen MR) is 58.3 cm³/mol. The van der Waals surface area contributed by atoms with Gasteiger partial charge in [-0.05, 0) is 30.0 Å². The Bertz CT molecular complexity index is 290. The SMILES string of the molecule is CCCC(C)C(O)c1ccnc(Cl)c1. The standard InChI is InChI=1S/C11H16ClNO/c1-3-4-8(2)11(14)9-5-6-13-10(12)7-9/h5-8,11,14H,3-4H2,1-2H3. The van der Waals surface area contributed by atoms with E-state index in [9.17, 15) is 5.11 Å². The zero-order chi connectivity index (χ0) is 10.6. The summed E-state index contributed by atoms with van der Waals surface area (Å²) < 4.78 is 0. The summed E-state index contributed by atoms with van der Waals surface area (Å²) >= 11 is 5.75. The van der Waals surface area contributed by atoms with Gasteiger partial charge in [0, 0.05) is 6.20 Å². The number of halogens is 1. The Labute approximate surface area is 89.9 Å². The quantitative estimate of drug-likeness (QED) is 0.780. The minimum absolute atomic E-state index is 0.262. The Morgan fingerprint density at radius 2 is 2.29 bits per heavy atom. The molecular formula is C11H16ClNO. The minimum atomic E-state index is -0.435. The molecule has 1 N–H and O–H groups in total. The first-order valence-electron chi connectivity index (χ1n) is 4.94. The second-order valence-corrected chi connectivity index (χ2v) is 4.01. The van der Waals surface area contributed by atoms with Crippen molar-refractivity contribution in [2.24, 2.45) is 5.92 Å². The maximum absolute atomic E-state index is 9.96. The molecule has 1 aromatic rings. The Morgan fingerprint density at radius 3 is 2.86 bits per heavy atom. The van der Waals surface area contributed by atoms with Crippen LogP contribution in [0.1, 0.15) is 38.4 Å². The molecule has 0 fully saturated rings. The highest BCUT2D eigenvalue weighted by molar-refractivity contribution is 6.29. The Hall–Kier alpha value is -0.600. The molecule has 3 heteroatoms. The van der Waals surface area contributed by atoms with Crippen LogP contribution in [0.25, 0.3) is 0 Å². The van der Waals surface area contributed by atoms with E-state index in [2.05, 4.69) is 11.9 Å². The summed E-state index contributed by atoms with van der Waals surface area (Å²) in [4.78, 5) is 3.88. The number of hydrogen-bond donors (Lipinski definition) is 1. The molecule has 1 rings (SSSR count). The van der Waals surface area contributed by atoms with E-state index >= 15 is 0 Å². The molecular weight excluding hydrogens is 198 g/mol. The third kappa shape index (κ3) is 2.96. The molecule has 14 heavy (non-hydrogen) atoms. The van der Waals surface area contributed by atoms with E-state index in [0.29, 0.717) is 5.15 Å². The van der Waals surface area contributed by atoms with Crippen LogP contribution in [0, 0.1) is 5.92 Å². The average molecular weight is 214 g/mol. The van der Waals surface area contributed by atoms with Gasteiger partial charge >= 0.3 is 0 Å². The molecule has 0 radical (unpaired) electrons. The van der Waals surface area contributed by atoms with E-state index < -0.39 is 6.10 Å². The molecule has 2 nitrogen and oxygen atoms in total. The van der Waals surface area contributed by atoms with Crippen molar-refractivity contribution in [3.8, 4) is 0 Å². The van der Waals surface area contributed by atoms with Crippen LogP contribution in [0.3, 0.4) is 0 Å². The van der Waals surface area contributed by atoms with Crippen molar-refractivity contribution < 1.29 is 5.11 Å². The number of rotatable bonds is 4. The number of aromatic nitrogens is 1. The van der Waals surface area contributed by atoms with Gasteiger partial charge in [0.2, 0.25) is 0 Å². The van der Waals surface area contributed by atoms with Crippen LogP contribution < -0.4 is 0 Å². The molecule has 2 unspecified atom stereocenters. The number of aliphatic hydroxyl groups excluding tert-OH is 1. The molecule has 78 valence electrons. The molecule has 0 amide bonds. The van der Waals surface area contributed by atoms with Crippen LogP contribution >= 0.6 is 11.6 Å².